The maximum atomic E-state index is 5.10. The third kappa shape index (κ3) is 12.1. The molecule has 0 atom stereocenters. The zero-order chi connectivity index (χ0) is 66.6. The van der Waals surface area contributed by atoms with Gasteiger partial charge in [-0.2, -0.15) is 0 Å². The first-order chi connectivity index (χ1) is 49.6. The maximum absolute atomic E-state index is 5.10. The van der Waals surface area contributed by atoms with Crippen molar-refractivity contribution in [2.45, 2.75) is 0 Å². The fraction of sp³-hybridized carbons (Fsp3) is 0. The zero-order valence-electron chi connectivity index (χ0n) is 54.1. The van der Waals surface area contributed by atoms with Gasteiger partial charge in [-0.05, 0) is 99.1 Å². The minimum atomic E-state index is 0.638. The minimum absolute atomic E-state index is 0.638. The third-order valence-electron chi connectivity index (χ3n) is 18.2. The lowest BCUT2D eigenvalue weighted by molar-refractivity contribution is 1.07. The number of benzene rings is 12. The highest BCUT2D eigenvalue weighted by Gasteiger charge is 2.19. The molecule has 0 saturated heterocycles. The number of fused-ring (bicyclic) bond motifs is 6. The van der Waals surface area contributed by atoms with E-state index in [1.165, 1.54) is 16.3 Å². The average Bonchev–Trinajstić information content (AvgIpc) is 0.753. The van der Waals surface area contributed by atoms with Gasteiger partial charge in [-0.15, -0.1) is 0 Å². The molecule has 9 nitrogen and oxygen atoms in total. The Morgan fingerprint density at radius 2 is 0.490 bits per heavy atom. The van der Waals surface area contributed by atoms with Crippen molar-refractivity contribution in [2.75, 3.05) is 0 Å². The molecule has 9 heteroatoms. The topological polar surface area (TPSA) is 116 Å². The number of rotatable bonds is 12. The molecule has 0 saturated carbocycles. The smallest absolute Gasteiger partial charge is 0.164 e. The Morgan fingerprint density at radius 3 is 0.910 bits per heavy atom. The molecule has 0 spiro atoms. The molecule has 100 heavy (non-hydrogen) atoms. The summed E-state index contributed by atoms with van der Waals surface area (Å²) in [6, 6.07) is 115. The molecule has 12 aromatic carbocycles. The van der Waals surface area contributed by atoms with Gasteiger partial charge in [0, 0.05) is 102 Å². The standard InChI is InChI=1S/C46H30N4.C45H29N5/c1-3-12-32(13-4-1)42-29-43(50-46(49-42)34-14-5-2-6-15-34)33-25-23-31(24-26-33)35-16-9-17-36(28-35)38-20-10-21-40-44(38)39-19-7-8-22-41(39)48-45(40)37-18-11-27-47-30-37;1-3-12-31(13-4-1)43-48-44(32-14-5-2-6-15-32)50-45(49-43)33-25-23-30(24-26-33)34-16-9-17-35(28-34)37-20-10-21-39-41(37)38-19-7-8-22-40(38)47-42(39)36-18-11-27-46-29-36/h1-30H;1-29H. The minimum Gasteiger partial charge on any atom is -0.264 e. The molecule has 468 valence electrons. The number of hydrogen-bond donors (Lipinski definition) is 0. The summed E-state index contributed by atoms with van der Waals surface area (Å²) in [5, 5.41) is 6.85. The van der Waals surface area contributed by atoms with Gasteiger partial charge in [0.05, 0.1) is 33.8 Å². The Bertz CT molecular complexity index is 5500. The van der Waals surface area contributed by atoms with E-state index in [0.717, 1.165) is 139 Å². The molecule has 0 aliphatic heterocycles. The first-order valence-electron chi connectivity index (χ1n) is 33.3. The van der Waals surface area contributed by atoms with Gasteiger partial charge in [0.1, 0.15) is 0 Å². The number of para-hydroxylation sites is 2. The molecule has 0 bridgehead atoms. The first-order valence-corrected chi connectivity index (χ1v) is 33.3. The third-order valence-corrected chi connectivity index (χ3v) is 18.2. The van der Waals surface area contributed by atoms with Crippen molar-refractivity contribution in [3.05, 3.63) is 358 Å². The van der Waals surface area contributed by atoms with Gasteiger partial charge < -0.3 is 0 Å². The summed E-state index contributed by atoms with van der Waals surface area (Å²) < 4.78 is 0. The first kappa shape index (κ1) is 60.1. The van der Waals surface area contributed by atoms with Crippen LogP contribution in [0, 0.1) is 0 Å². The van der Waals surface area contributed by atoms with E-state index < -0.39 is 0 Å². The van der Waals surface area contributed by atoms with E-state index in [0.29, 0.717) is 23.3 Å². The summed E-state index contributed by atoms with van der Waals surface area (Å²) in [4.78, 5) is 43.6. The largest absolute Gasteiger partial charge is 0.264 e. The lowest BCUT2D eigenvalue weighted by Gasteiger charge is -2.15. The highest BCUT2D eigenvalue weighted by Crippen LogP contribution is 2.42. The van der Waals surface area contributed by atoms with Crippen LogP contribution >= 0.6 is 0 Å². The molecule has 6 aromatic heterocycles. The molecule has 0 unspecified atom stereocenters. The summed E-state index contributed by atoms with van der Waals surface area (Å²) >= 11 is 0. The molecular weight excluding hydrogens is 1220 g/mol. The van der Waals surface area contributed by atoms with E-state index in [-0.39, 0.29) is 0 Å². The number of nitrogens with zero attached hydrogens (tertiary/aromatic N) is 9. The van der Waals surface area contributed by atoms with Crippen LogP contribution in [-0.2, 0) is 0 Å². The van der Waals surface area contributed by atoms with E-state index in [1.807, 2.05) is 134 Å². The second kappa shape index (κ2) is 26.9. The van der Waals surface area contributed by atoms with Crippen LogP contribution in [0.1, 0.15) is 0 Å². The van der Waals surface area contributed by atoms with E-state index in [1.54, 1.807) is 12.4 Å². The molecule has 6 heterocycles. The lowest BCUT2D eigenvalue weighted by atomic mass is 9.91. The summed E-state index contributed by atoms with van der Waals surface area (Å²) in [5.74, 6) is 2.65. The van der Waals surface area contributed by atoms with Gasteiger partial charge in [0.15, 0.2) is 23.3 Å². The molecular formula is C91H59N9. The Kier molecular flexibility index (Phi) is 16.1. The van der Waals surface area contributed by atoms with Gasteiger partial charge in [-0.25, -0.2) is 34.9 Å². The van der Waals surface area contributed by atoms with Crippen molar-refractivity contribution < 1.29 is 0 Å². The number of hydrogen-bond acceptors (Lipinski definition) is 9. The maximum Gasteiger partial charge on any atom is 0.164 e. The summed E-state index contributed by atoms with van der Waals surface area (Å²) in [6.07, 6.45) is 7.37. The van der Waals surface area contributed by atoms with Crippen LogP contribution in [0.4, 0.5) is 0 Å². The lowest BCUT2D eigenvalue weighted by Crippen LogP contribution is -2.00. The van der Waals surface area contributed by atoms with E-state index in [9.17, 15) is 0 Å². The second-order valence-corrected chi connectivity index (χ2v) is 24.4. The van der Waals surface area contributed by atoms with E-state index in [2.05, 4.69) is 222 Å². The Hall–Kier alpha value is -13.6. The molecule has 18 rings (SSSR count). The van der Waals surface area contributed by atoms with Crippen molar-refractivity contribution in [3.63, 3.8) is 0 Å². The van der Waals surface area contributed by atoms with Crippen molar-refractivity contribution in [2.24, 2.45) is 0 Å². The van der Waals surface area contributed by atoms with E-state index >= 15 is 0 Å². The SMILES string of the molecule is c1ccc(-c2cc(-c3ccc(-c4cccc(-c5cccc6c(-c7cccnc7)nc7ccccc7c56)c4)cc3)nc(-c3ccccc3)n2)cc1.c1ccc(-c2nc(-c3ccccc3)nc(-c3ccc(-c4cccc(-c5cccc6c(-c7cccnc7)nc7ccccc7c56)c4)cc3)n2)cc1. The molecule has 0 radical (unpaired) electrons. The van der Waals surface area contributed by atoms with Crippen LogP contribution < -0.4 is 0 Å². The normalized spacial score (nSPS) is 11.2. The van der Waals surface area contributed by atoms with Gasteiger partial charge in [0.25, 0.3) is 0 Å². The van der Waals surface area contributed by atoms with Gasteiger partial charge in [-0.3, -0.25) is 9.97 Å². The predicted molar refractivity (Wildman–Crippen MR) is 408 cm³/mol. The van der Waals surface area contributed by atoms with E-state index in [4.69, 9.17) is 34.9 Å². The number of pyridine rings is 4. The second-order valence-electron chi connectivity index (χ2n) is 24.4. The predicted octanol–water partition coefficient (Wildman–Crippen LogP) is 22.5. The fourth-order valence-electron chi connectivity index (χ4n) is 13.3. The quantitative estimate of drug-likeness (QED) is 0.110. The number of aromatic nitrogens is 9. The zero-order valence-corrected chi connectivity index (χ0v) is 54.1. The molecule has 0 aliphatic carbocycles. The highest BCUT2D eigenvalue weighted by atomic mass is 15.0. The van der Waals surface area contributed by atoms with Crippen molar-refractivity contribution in [3.8, 4) is 135 Å². The van der Waals surface area contributed by atoms with Crippen LogP contribution in [0.25, 0.3) is 178 Å². The molecule has 0 N–H and O–H groups in total. The summed E-state index contributed by atoms with van der Waals surface area (Å²) in [7, 11) is 0. The van der Waals surface area contributed by atoms with Crippen LogP contribution in [0.5, 0.6) is 0 Å². The molecule has 0 amide bonds. The van der Waals surface area contributed by atoms with Crippen molar-refractivity contribution >= 4 is 43.4 Å². The monoisotopic (exact) mass is 1280 g/mol. The Labute approximate surface area is 578 Å². The van der Waals surface area contributed by atoms with Crippen molar-refractivity contribution in [1.29, 1.82) is 0 Å². The molecule has 18 aromatic rings. The summed E-state index contributed by atoms with van der Waals surface area (Å²) in [5.41, 5.74) is 22.7. The highest BCUT2D eigenvalue weighted by molar-refractivity contribution is 6.18. The fourth-order valence-corrected chi connectivity index (χ4v) is 13.3. The van der Waals surface area contributed by atoms with Gasteiger partial charge >= 0.3 is 0 Å². The Morgan fingerprint density at radius 1 is 0.180 bits per heavy atom. The van der Waals surface area contributed by atoms with Crippen LogP contribution in [0.2, 0.25) is 0 Å². The Balaban J connectivity index is 0.000000150. The van der Waals surface area contributed by atoms with Crippen LogP contribution in [-0.4, -0.2) is 44.9 Å². The van der Waals surface area contributed by atoms with Crippen LogP contribution in [0.3, 0.4) is 0 Å². The van der Waals surface area contributed by atoms with Crippen LogP contribution in [0.15, 0.2) is 358 Å². The van der Waals surface area contributed by atoms with Gasteiger partial charge in [-0.1, -0.05) is 279 Å². The molecule has 0 fully saturated rings. The summed E-state index contributed by atoms with van der Waals surface area (Å²) in [6.45, 7) is 0. The van der Waals surface area contributed by atoms with Crippen molar-refractivity contribution in [1.82, 2.24) is 44.9 Å². The molecule has 0 aliphatic rings. The van der Waals surface area contributed by atoms with Gasteiger partial charge in [0.2, 0.25) is 0 Å². The average molecular weight is 1280 g/mol.